The van der Waals surface area contributed by atoms with E-state index in [4.69, 9.17) is 5.73 Å². The van der Waals surface area contributed by atoms with Crippen molar-refractivity contribution in [1.29, 1.82) is 0 Å². The lowest BCUT2D eigenvalue weighted by molar-refractivity contribution is 0.602. The van der Waals surface area contributed by atoms with E-state index < -0.39 is 9.84 Å². The van der Waals surface area contributed by atoms with Crippen molar-refractivity contribution in [3.8, 4) is 11.3 Å². The number of benzene rings is 1. The van der Waals surface area contributed by atoms with Crippen molar-refractivity contribution in [2.75, 3.05) is 12.0 Å². The van der Waals surface area contributed by atoms with Crippen molar-refractivity contribution in [1.82, 2.24) is 14.6 Å². The molecule has 0 atom stereocenters. The Morgan fingerprint density at radius 1 is 1.20 bits per heavy atom. The third-order valence-corrected chi connectivity index (χ3v) is 4.01. The van der Waals surface area contributed by atoms with Crippen molar-refractivity contribution >= 4 is 21.3 Å². The zero-order valence-electron chi connectivity index (χ0n) is 10.7. The molecule has 3 aromatic rings. The van der Waals surface area contributed by atoms with Gasteiger partial charge in [0.1, 0.15) is 5.82 Å². The fourth-order valence-electron chi connectivity index (χ4n) is 1.94. The molecule has 0 aliphatic rings. The first kappa shape index (κ1) is 12.6. The number of fused-ring (bicyclic) bond motifs is 1. The first-order valence-electron chi connectivity index (χ1n) is 5.86. The molecule has 0 saturated heterocycles. The third kappa shape index (κ3) is 2.23. The zero-order chi connectivity index (χ0) is 14.3. The minimum absolute atomic E-state index is 0.266. The molecule has 102 valence electrons. The average Bonchev–Trinajstić information content (AvgIpc) is 2.77. The highest BCUT2D eigenvalue weighted by molar-refractivity contribution is 7.90. The van der Waals surface area contributed by atoms with Gasteiger partial charge in [-0.2, -0.15) is 5.10 Å². The summed E-state index contributed by atoms with van der Waals surface area (Å²) in [5, 5.41) is 4.37. The second-order valence-corrected chi connectivity index (χ2v) is 6.50. The number of rotatable bonds is 2. The number of nitrogen functional groups attached to an aromatic ring is 1. The molecule has 0 unspecified atom stereocenters. The number of hydrogen-bond donors (Lipinski definition) is 1. The Hall–Kier alpha value is -2.41. The summed E-state index contributed by atoms with van der Waals surface area (Å²) >= 11 is 0. The van der Waals surface area contributed by atoms with Gasteiger partial charge in [-0.3, -0.25) is 0 Å². The molecule has 2 aromatic heterocycles. The summed E-state index contributed by atoms with van der Waals surface area (Å²) in [6.45, 7) is 0. The van der Waals surface area contributed by atoms with Gasteiger partial charge in [-0.25, -0.2) is 17.9 Å². The van der Waals surface area contributed by atoms with E-state index in [0.717, 1.165) is 5.56 Å². The molecule has 0 amide bonds. The van der Waals surface area contributed by atoms with Crippen LogP contribution in [0.1, 0.15) is 0 Å². The monoisotopic (exact) mass is 288 g/mol. The summed E-state index contributed by atoms with van der Waals surface area (Å²) < 4.78 is 24.7. The van der Waals surface area contributed by atoms with Crippen LogP contribution in [0.25, 0.3) is 16.9 Å². The fraction of sp³-hybridized carbons (Fsp3) is 0.0769. The van der Waals surface area contributed by atoms with Gasteiger partial charge < -0.3 is 5.73 Å². The highest BCUT2D eigenvalue weighted by Crippen LogP contribution is 2.21. The molecule has 0 fully saturated rings. The van der Waals surface area contributed by atoms with Gasteiger partial charge in [-0.05, 0) is 24.3 Å². The van der Waals surface area contributed by atoms with E-state index in [1.807, 2.05) is 6.07 Å². The summed E-state index contributed by atoms with van der Waals surface area (Å²) in [5.74, 6) is 0.388. The molecule has 7 heteroatoms. The molecule has 0 aliphatic carbocycles. The van der Waals surface area contributed by atoms with Crippen molar-refractivity contribution < 1.29 is 8.42 Å². The van der Waals surface area contributed by atoms with Crippen LogP contribution in [0.3, 0.4) is 0 Å². The highest BCUT2D eigenvalue weighted by Gasteiger charge is 2.09. The van der Waals surface area contributed by atoms with Gasteiger partial charge in [0.05, 0.1) is 16.8 Å². The van der Waals surface area contributed by atoms with Crippen LogP contribution in [-0.2, 0) is 9.84 Å². The molecule has 0 bridgehead atoms. The fourth-order valence-corrected chi connectivity index (χ4v) is 2.61. The quantitative estimate of drug-likeness (QED) is 0.769. The SMILES string of the molecule is CS(=O)(=O)c1cccc(-c2ccc3nc(N)cn3n2)c1. The molecule has 0 radical (unpaired) electrons. The largest absolute Gasteiger partial charge is 0.382 e. The Bertz CT molecular complexity index is 900. The zero-order valence-corrected chi connectivity index (χ0v) is 11.5. The number of hydrogen-bond acceptors (Lipinski definition) is 5. The van der Waals surface area contributed by atoms with Gasteiger partial charge in [0.25, 0.3) is 0 Å². The number of anilines is 1. The van der Waals surface area contributed by atoms with Crippen LogP contribution in [0, 0.1) is 0 Å². The molecule has 2 N–H and O–H groups in total. The summed E-state index contributed by atoms with van der Waals surface area (Å²) in [6.07, 6.45) is 2.79. The summed E-state index contributed by atoms with van der Waals surface area (Å²) in [6, 6.07) is 10.2. The molecule has 1 aromatic carbocycles. The van der Waals surface area contributed by atoms with Gasteiger partial charge in [-0.1, -0.05) is 12.1 Å². The van der Waals surface area contributed by atoms with E-state index in [1.54, 1.807) is 41.0 Å². The maximum Gasteiger partial charge on any atom is 0.175 e. The average molecular weight is 288 g/mol. The van der Waals surface area contributed by atoms with E-state index >= 15 is 0 Å². The second-order valence-electron chi connectivity index (χ2n) is 4.49. The Morgan fingerprint density at radius 2 is 2.00 bits per heavy atom. The lowest BCUT2D eigenvalue weighted by Crippen LogP contribution is -1.98. The topological polar surface area (TPSA) is 90.3 Å². The second kappa shape index (κ2) is 4.31. The standard InChI is InChI=1S/C13H12N4O2S/c1-20(18,19)10-4-2-3-9(7-10)11-5-6-13-15-12(14)8-17(13)16-11/h2-8H,14H2,1H3. The Kier molecular flexibility index (Phi) is 2.72. The first-order chi connectivity index (χ1) is 9.43. The predicted molar refractivity (Wildman–Crippen MR) is 75.9 cm³/mol. The van der Waals surface area contributed by atoms with Crippen molar-refractivity contribution in [3.05, 3.63) is 42.6 Å². The van der Waals surface area contributed by atoms with Gasteiger partial charge in [0.2, 0.25) is 0 Å². The molecule has 20 heavy (non-hydrogen) atoms. The van der Waals surface area contributed by atoms with Crippen LogP contribution < -0.4 is 5.73 Å². The normalized spacial score (nSPS) is 11.8. The van der Waals surface area contributed by atoms with Gasteiger partial charge in [0.15, 0.2) is 15.5 Å². The summed E-state index contributed by atoms with van der Waals surface area (Å²) in [4.78, 5) is 4.35. The Morgan fingerprint density at radius 3 is 2.75 bits per heavy atom. The molecular weight excluding hydrogens is 276 g/mol. The molecule has 3 rings (SSSR count). The third-order valence-electron chi connectivity index (χ3n) is 2.90. The van der Waals surface area contributed by atoms with Gasteiger partial charge >= 0.3 is 0 Å². The van der Waals surface area contributed by atoms with Crippen LogP contribution >= 0.6 is 0 Å². The molecule has 0 aliphatic heterocycles. The van der Waals surface area contributed by atoms with Crippen molar-refractivity contribution in [3.63, 3.8) is 0 Å². The Labute approximate surface area is 115 Å². The number of nitrogens with zero attached hydrogens (tertiary/aromatic N) is 3. The van der Waals surface area contributed by atoms with Crippen LogP contribution in [0.15, 0.2) is 47.5 Å². The molecule has 0 spiro atoms. The lowest BCUT2D eigenvalue weighted by atomic mass is 10.1. The molecule has 2 heterocycles. The maximum absolute atomic E-state index is 11.6. The highest BCUT2D eigenvalue weighted by atomic mass is 32.2. The number of imidazole rings is 1. The van der Waals surface area contributed by atoms with Crippen molar-refractivity contribution in [2.24, 2.45) is 0 Å². The van der Waals surface area contributed by atoms with Crippen LogP contribution in [0.2, 0.25) is 0 Å². The van der Waals surface area contributed by atoms with E-state index in [9.17, 15) is 8.42 Å². The van der Waals surface area contributed by atoms with E-state index in [1.165, 1.54) is 6.26 Å². The van der Waals surface area contributed by atoms with E-state index in [2.05, 4.69) is 10.1 Å². The summed E-state index contributed by atoms with van der Waals surface area (Å²) in [5.41, 5.74) is 7.63. The smallest absolute Gasteiger partial charge is 0.175 e. The summed E-state index contributed by atoms with van der Waals surface area (Å²) in [7, 11) is -3.24. The Balaban J connectivity index is 2.15. The minimum Gasteiger partial charge on any atom is -0.382 e. The molecule has 0 saturated carbocycles. The molecular formula is C13H12N4O2S. The number of sulfone groups is 1. The number of aromatic nitrogens is 3. The predicted octanol–water partition coefficient (Wildman–Crippen LogP) is 1.38. The van der Waals surface area contributed by atoms with Crippen LogP contribution in [0.4, 0.5) is 5.82 Å². The van der Waals surface area contributed by atoms with E-state index in [-0.39, 0.29) is 4.90 Å². The van der Waals surface area contributed by atoms with Crippen LogP contribution in [-0.4, -0.2) is 29.3 Å². The number of nitrogens with two attached hydrogens (primary N) is 1. The first-order valence-corrected chi connectivity index (χ1v) is 7.75. The van der Waals surface area contributed by atoms with Gasteiger partial charge in [0, 0.05) is 11.8 Å². The van der Waals surface area contributed by atoms with Crippen LogP contribution in [0.5, 0.6) is 0 Å². The van der Waals surface area contributed by atoms with Gasteiger partial charge in [-0.15, -0.1) is 0 Å². The molecule has 6 nitrogen and oxygen atoms in total. The van der Waals surface area contributed by atoms with E-state index in [0.29, 0.717) is 17.2 Å². The maximum atomic E-state index is 11.6. The lowest BCUT2D eigenvalue weighted by Gasteiger charge is -2.04. The van der Waals surface area contributed by atoms with Crippen molar-refractivity contribution in [2.45, 2.75) is 4.90 Å². The minimum atomic E-state index is -3.24.